The van der Waals surface area contributed by atoms with Gasteiger partial charge in [0.15, 0.2) is 0 Å². The molecule has 1 saturated heterocycles. The van der Waals surface area contributed by atoms with E-state index in [1.807, 2.05) is 6.92 Å². The monoisotopic (exact) mass is 532 g/mol. The lowest BCUT2D eigenvalue weighted by atomic mass is 9.98. The number of amides is 2. The van der Waals surface area contributed by atoms with Gasteiger partial charge >= 0.3 is 12.4 Å². The zero-order valence-electron chi connectivity index (χ0n) is 20.2. The summed E-state index contributed by atoms with van der Waals surface area (Å²) in [6, 6.07) is 0.117. The minimum absolute atomic E-state index is 0.0258. The topological polar surface area (TPSA) is 76.5 Å². The largest absolute Gasteiger partial charge is 0.433 e. The molecule has 13 heteroatoms. The third kappa shape index (κ3) is 5.32. The van der Waals surface area contributed by atoms with Gasteiger partial charge in [-0.1, -0.05) is 6.92 Å². The van der Waals surface area contributed by atoms with Crippen molar-refractivity contribution in [3.63, 3.8) is 0 Å². The van der Waals surface area contributed by atoms with Crippen molar-refractivity contribution in [3.8, 4) is 0 Å². The number of pyridine rings is 1. The van der Waals surface area contributed by atoms with E-state index in [1.165, 1.54) is 13.0 Å². The Morgan fingerprint density at radius 3 is 2.49 bits per heavy atom. The second-order valence-electron chi connectivity index (χ2n) is 9.17. The molecule has 2 aliphatic rings. The molecule has 2 amide bonds. The summed E-state index contributed by atoms with van der Waals surface area (Å²) in [5.74, 6) is -1.01. The molecule has 202 valence electrons. The van der Waals surface area contributed by atoms with Crippen molar-refractivity contribution >= 4 is 11.8 Å². The van der Waals surface area contributed by atoms with Crippen molar-refractivity contribution in [2.45, 2.75) is 70.7 Å². The van der Waals surface area contributed by atoms with Crippen LogP contribution in [0.1, 0.15) is 82.5 Å². The second-order valence-corrected chi connectivity index (χ2v) is 9.17. The van der Waals surface area contributed by atoms with Crippen molar-refractivity contribution in [2.75, 3.05) is 13.2 Å². The van der Waals surface area contributed by atoms with E-state index in [0.29, 0.717) is 31.6 Å². The number of hydrogen-bond acceptors (Lipinski definition) is 4. The molecule has 0 bridgehead atoms. The van der Waals surface area contributed by atoms with Gasteiger partial charge in [-0.05, 0) is 38.3 Å². The highest BCUT2D eigenvalue weighted by molar-refractivity contribution is 6.01. The molecule has 7 nitrogen and oxygen atoms in total. The summed E-state index contributed by atoms with van der Waals surface area (Å²) in [5, 5.41) is 2.50. The lowest BCUT2D eigenvalue weighted by Gasteiger charge is -2.24. The number of nitrogens with one attached hydrogen (secondary N) is 1. The summed E-state index contributed by atoms with van der Waals surface area (Å²) < 4.78 is 87.3. The highest BCUT2D eigenvalue weighted by atomic mass is 19.4. The average molecular weight is 532 g/mol. The van der Waals surface area contributed by atoms with Gasteiger partial charge in [0.25, 0.3) is 11.8 Å². The Balaban J connectivity index is 1.67. The fourth-order valence-electron chi connectivity index (χ4n) is 4.86. The average Bonchev–Trinajstić information content (AvgIpc) is 3.44. The Labute approximate surface area is 208 Å². The van der Waals surface area contributed by atoms with E-state index in [2.05, 4.69) is 10.3 Å². The number of nitrogens with zero attached hydrogens (tertiary/aromatic N) is 3. The molecule has 2 unspecified atom stereocenters. The van der Waals surface area contributed by atoms with E-state index in [0.717, 1.165) is 12.8 Å². The van der Waals surface area contributed by atoms with Crippen LogP contribution < -0.4 is 5.32 Å². The second kappa shape index (κ2) is 9.99. The molecule has 0 radical (unpaired) electrons. The maximum Gasteiger partial charge on any atom is 0.433 e. The van der Waals surface area contributed by atoms with Crippen molar-refractivity contribution in [1.29, 1.82) is 0 Å². The smallest absolute Gasteiger partial charge is 0.373 e. The number of hydrogen-bond donors (Lipinski definition) is 1. The Morgan fingerprint density at radius 2 is 1.89 bits per heavy atom. The summed E-state index contributed by atoms with van der Waals surface area (Å²) in [6.45, 7) is 4.68. The quantitative estimate of drug-likeness (QED) is 0.553. The van der Waals surface area contributed by atoms with Crippen molar-refractivity contribution < 1.29 is 40.7 Å². The van der Waals surface area contributed by atoms with E-state index in [-0.39, 0.29) is 42.3 Å². The molecule has 1 N–H and O–H groups in total. The highest BCUT2D eigenvalue weighted by Gasteiger charge is 2.41. The summed E-state index contributed by atoms with van der Waals surface area (Å²) in [6.07, 6.45) is -8.00. The van der Waals surface area contributed by atoms with Gasteiger partial charge in [0.2, 0.25) is 0 Å². The van der Waals surface area contributed by atoms with E-state index < -0.39 is 41.1 Å². The van der Waals surface area contributed by atoms with Crippen molar-refractivity contribution in [3.05, 3.63) is 52.1 Å². The van der Waals surface area contributed by atoms with Gasteiger partial charge in [0, 0.05) is 30.9 Å². The lowest BCUT2D eigenvalue weighted by molar-refractivity contribution is -0.146. The predicted octanol–water partition coefficient (Wildman–Crippen LogP) is 4.96. The zero-order chi connectivity index (χ0) is 27.1. The van der Waals surface area contributed by atoms with Gasteiger partial charge in [-0.15, -0.1) is 0 Å². The predicted molar refractivity (Wildman–Crippen MR) is 119 cm³/mol. The van der Waals surface area contributed by atoms with Crippen LogP contribution in [-0.4, -0.2) is 45.5 Å². The molecule has 0 aliphatic carbocycles. The van der Waals surface area contributed by atoms with Crippen LogP contribution in [0, 0.1) is 0 Å². The molecule has 0 aromatic carbocycles. The summed E-state index contributed by atoms with van der Waals surface area (Å²) in [4.78, 5) is 31.4. The number of carbonyl (C=O) groups is 2. The standard InChI is InChI=1S/C24H26F6N4O3/c1-3-17(15-11-31-20(24(28,29)30)10-16(15)23(25,26)27)32-21(35)14-9-18(34-7-8-37-12-19(14)34)22(36)33-6-4-5-13(33)2/h9-11,13,17H,3-8,12H2,1-2H3,(H,32,35). The molecular weight excluding hydrogens is 506 g/mol. The first-order valence-electron chi connectivity index (χ1n) is 11.9. The first-order chi connectivity index (χ1) is 17.3. The van der Waals surface area contributed by atoms with Gasteiger partial charge in [-0.2, -0.15) is 26.3 Å². The Hall–Kier alpha value is -3.09. The van der Waals surface area contributed by atoms with Gasteiger partial charge < -0.3 is 19.5 Å². The van der Waals surface area contributed by atoms with Crippen LogP contribution in [-0.2, 0) is 30.2 Å². The maximum atomic E-state index is 13.7. The van der Waals surface area contributed by atoms with Crippen LogP contribution in [0.4, 0.5) is 26.3 Å². The number of likely N-dealkylation sites (tertiary alicyclic amines) is 1. The number of halogens is 6. The van der Waals surface area contributed by atoms with Crippen molar-refractivity contribution in [1.82, 2.24) is 19.8 Å². The first kappa shape index (κ1) is 27.0. The molecule has 37 heavy (non-hydrogen) atoms. The Morgan fingerprint density at radius 1 is 1.16 bits per heavy atom. The van der Waals surface area contributed by atoms with E-state index in [1.54, 1.807) is 9.47 Å². The van der Waals surface area contributed by atoms with Crippen LogP contribution in [0.2, 0.25) is 0 Å². The summed E-state index contributed by atoms with van der Waals surface area (Å²) >= 11 is 0. The maximum absolute atomic E-state index is 13.7. The van der Waals surface area contributed by atoms with Crippen LogP contribution in [0.3, 0.4) is 0 Å². The third-order valence-electron chi connectivity index (χ3n) is 6.80. The fraction of sp³-hybridized carbons (Fsp3) is 0.542. The Bertz CT molecular complexity index is 1190. The molecule has 2 aliphatic heterocycles. The minimum atomic E-state index is -5.11. The number of aromatic nitrogens is 2. The summed E-state index contributed by atoms with van der Waals surface area (Å²) in [5.41, 5.74) is -3.01. The molecule has 0 spiro atoms. The number of alkyl halides is 6. The lowest BCUT2D eigenvalue weighted by Crippen LogP contribution is -2.35. The van der Waals surface area contributed by atoms with Crippen LogP contribution in [0.25, 0.3) is 0 Å². The van der Waals surface area contributed by atoms with Crippen LogP contribution in [0.5, 0.6) is 0 Å². The molecule has 4 heterocycles. The molecule has 4 rings (SSSR count). The van der Waals surface area contributed by atoms with Gasteiger partial charge in [-0.25, -0.2) is 0 Å². The molecular formula is C24H26F6N4O3. The normalized spacial score (nSPS) is 19.0. The van der Waals surface area contributed by atoms with Gasteiger partial charge in [0.1, 0.15) is 11.4 Å². The zero-order valence-corrected chi connectivity index (χ0v) is 20.2. The van der Waals surface area contributed by atoms with Crippen molar-refractivity contribution in [2.24, 2.45) is 0 Å². The molecule has 0 saturated carbocycles. The SMILES string of the molecule is CCC(NC(=O)c1cc(C(=O)N2CCCC2C)n2c1COCC2)c1cnc(C(F)(F)F)cc1C(F)(F)F. The fourth-order valence-corrected chi connectivity index (χ4v) is 4.86. The first-order valence-corrected chi connectivity index (χ1v) is 11.9. The summed E-state index contributed by atoms with van der Waals surface area (Å²) in [7, 11) is 0. The molecule has 2 aromatic heterocycles. The van der Waals surface area contributed by atoms with E-state index in [9.17, 15) is 35.9 Å². The van der Waals surface area contributed by atoms with Crippen LogP contribution >= 0.6 is 0 Å². The molecule has 2 atom stereocenters. The minimum Gasteiger partial charge on any atom is -0.373 e. The number of fused-ring (bicyclic) bond motifs is 1. The number of rotatable bonds is 5. The molecule has 1 fully saturated rings. The third-order valence-corrected chi connectivity index (χ3v) is 6.80. The number of ether oxygens (including phenoxy) is 1. The van der Waals surface area contributed by atoms with E-state index >= 15 is 0 Å². The van der Waals surface area contributed by atoms with Crippen LogP contribution in [0.15, 0.2) is 18.3 Å². The van der Waals surface area contributed by atoms with Gasteiger partial charge in [0.05, 0.1) is 36.1 Å². The van der Waals surface area contributed by atoms with Gasteiger partial charge in [-0.3, -0.25) is 14.6 Å². The highest BCUT2D eigenvalue weighted by Crippen LogP contribution is 2.39. The van der Waals surface area contributed by atoms with E-state index in [4.69, 9.17) is 4.74 Å². The molecule has 2 aromatic rings. The Kier molecular flexibility index (Phi) is 7.28. The number of carbonyl (C=O) groups excluding carboxylic acids is 2.